The van der Waals surface area contributed by atoms with E-state index < -0.39 is 0 Å². The zero-order valence-corrected chi connectivity index (χ0v) is 18.0. The summed E-state index contributed by atoms with van der Waals surface area (Å²) in [6, 6.07) is 14.9. The van der Waals surface area contributed by atoms with Crippen molar-refractivity contribution in [2.24, 2.45) is 0 Å². The molecule has 0 fully saturated rings. The van der Waals surface area contributed by atoms with Gasteiger partial charge < -0.3 is 15.5 Å². The van der Waals surface area contributed by atoms with Gasteiger partial charge in [-0.05, 0) is 73.2 Å². The SMILES string of the molecule is CC(C(=O)NCc1cccs1)N1CCCc2c(NC(=O)c3ccc(F)cc3)cccc21. The van der Waals surface area contributed by atoms with Crippen LogP contribution in [0.1, 0.15) is 34.1 Å². The van der Waals surface area contributed by atoms with Gasteiger partial charge in [0.25, 0.3) is 5.91 Å². The van der Waals surface area contributed by atoms with Crippen molar-refractivity contribution >= 4 is 34.5 Å². The molecular weight excluding hydrogens is 413 g/mol. The first-order valence-electron chi connectivity index (χ1n) is 10.3. The second kappa shape index (κ2) is 9.31. The highest BCUT2D eigenvalue weighted by atomic mass is 32.1. The minimum Gasteiger partial charge on any atom is -0.359 e. The lowest BCUT2D eigenvalue weighted by Gasteiger charge is -2.36. The first-order valence-corrected chi connectivity index (χ1v) is 11.2. The van der Waals surface area contributed by atoms with E-state index in [9.17, 15) is 14.0 Å². The number of carbonyl (C=O) groups is 2. The summed E-state index contributed by atoms with van der Waals surface area (Å²) in [4.78, 5) is 28.6. The Morgan fingerprint density at radius 1 is 1.13 bits per heavy atom. The highest BCUT2D eigenvalue weighted by molar-refractivity contribution is 7.09. The van der Waals surface area contributed by atoms with E-state index in [4.69, 9.17) is 0 Å². The van der Waals surface area contributed by atoms with Crippen molar-refractivity contribution < 1.29 is 14.0 Å². The third-order valence-electron chi connectivity index (χ3n) is 5.51. The van der Waals surface area contributed by atoms with Gasteiger partial charge in [0, 0.05) is 28.4 Å². The summed E-state index contributed by atoms with van der Waals surface area (Å²) < 4.78 is 13.2. The molecule has 2 amide bonds. The van der Waals surface area contributed by atoms with Gasteiger partial charge in [0.15, 0.2) is 0 Å². The number of halogens is 1. The smallest absolute Gasteiger partial charge is 0.255 e. The molecule has 7 heteroatoms. The van der Waals surface area contributed by atoms with Gasteiger partial charge in [-0.25, -0.2) is 4.39 Å². The summed E-state index contributed by atoms with van der Waals surface area (Å²) in [7, 11) is 0. The van der Waals surface area contributed by atoms with Crippen LogP contribution in [0.25, 0.3) is 0 Å². The first-order chi connectivity index (χ1) is 15.0. The standard InChI is InChI=1S/C24H24FN3O2S/c1-16(23(29)26-15-19-5-4-14-31-19)28-13-3-6-20-21(7-2-8-22(20)28)27-24(30)17-9-11-18(25)12-10-17/h2,4-5,7-12,14,16H,3,6,13,15H2,1H3,(H,26,29)(H,27,30). The molecule has 1 aromatic heterocycles. The lowest BCUT2D eigenvalue weighted by Crippen LogP contribution is -2.47. The lowest BCUT2D eigenvalue weighted by molar-refractivity contribution is -0.122. The van der Waals surface area contributed by atoms with Gasteiger partial charge in [-0.15, -0.1) is 11.3 Å². The van der Waals surface area contributed by atoms with Crippen LogP contribution in [0.5, 0.6) is 0 Å². The van der Waals surface area contributed by atoms with E-state index in [0.29, 0.717) is 12.1 Å². The molecule has 0 bridgehead atoms. The zero-order valence-electron chi connectivity index (χ0n) is 17.2. The van der Waals surface area contributed by atoms with Crippen molar-refractivity contribution in [1.29, 1.82) is 0 Å². The minimum absolute atomic E-state index is 0.0259. The van der Waals surface area contributed by atoms with Crippen molar-refractivity contribution in [2.45, 2.75) is 32.4 Å². The Balaban J connectivity index is 1.50. The molecule has 1 aliphatic rings. The second-order valence-corrected chi connectivity index (χ2v) is 8.57. The summed E-state index contributed by atoms with van der Waals surface area (Å²) in [6.45, 7) is 3.20. The lowest BCUT2D eigenvalue weighted by atomic mass is 9.97. The Morgan fingerprint density at radius 3 is 2.68 bits per heavy atom. The number of nitrogens with one attached hydrogen (secondary N) is 2. The van der Waals surface area contributed by atoms with Crippen molar-refractivity contribution in [3.63, 3.8) is 0 Å². The van der Waals surface area contributed by atoms with E-state index in [1.807, 2.05) is 42.6 Å². The Kier molecular flexibility index (Phi) is 6.32. The van der Waals surface area contributed by atoms with Crippen LogP contribution in [0.2, 0.25) is 0 Å². The molecule has 2 aromatic carbocycles. The molecule has 160 valence electrons. The highest BCUT2D eigenvalue weighted by Gasteiger charge is 2.27. The van der Waals surface area contributed by atoms with Crippen LogP contribution in [0.3, 0.4) is 0 Å². The van der Waals surface area contributed by atoms with E-state index in [2.05, 4.69) is 15.5 Å². The van der Waals surface area contributed by atoms with E-state index in [0.717, 1.165) is 41.2 Å². The zero-order chi connectivity index (χ0) is 21.8. The van der Waals surface area contributed by atoms with Crippen LogP contribution in [0.4, 0.5) is 15.8 Å². The van der Waals surface area contributed by atoms with E-state index in [-0.39, 0.29) is 23.7 Å². The molecule has 31 heavy (non-hydrogen) atoms. The molecule has 0 radical (unpaired) electrons. The van der Waals surface area contributed by atoms with E-state index >= 15 is 0 Å². The average molecular weight is 438 g/mol. The maximum Gasteiger partial charge on any atom is 0.255 e. The molecule has 5 nitrogen and oxygen atoms in total. The number of carbonyl (C=O) groups excluding carboxylic acids is 2. The van der Waals surface area contributed by atoms with Crippen molar-refractivity contribution in [3.8, 4) is 0 Å². The quantitative estimate of drug-likeness (QED) is 0.593. The molecule has 0 spiro atoms. The average Bonchev–Trinajstić information content (AvgIpc) is 3.31. The second-order valence-electron chi connectivity index (χ2n) is 7.53. The van der Waals surface area contributed by atoms with Crippen LogP contribution >= 0.6 is 11.3 Å². The largest absolute Gasteiger partial charge is 0.359 e. The van der Waals surface area contributed by atoms with Gasteiger partial charge in [-0.1, -0.05) is 12.1 Å². The third kappa shape index (κ3) is 4.77. The molecule has 1 unspecified atom stereocenters. The molecular formula is C24H24FN3O2S. The number of anilines is 2. The number of hydrogen-bond donors (Lipinski definition) is 2. The fourth-order valence-corrected chi connectivity index (χ4v) is 4.49. The molecule has 0 saturated carbocycles. The Labute approximate surface area is 184 Å². The van der Waals surface area contributed by atoms with Gasteiger partial charge in [-0.2, -0.15) is 0 Å². The van der Waals surface area contributed by atoms with Gasteiger partial charge in [-0.3, -0.25) is 9.59 Å². The van der Waals surface area contributed by atoms with Crippen molar-refractivity contribution in [1.82, 2.24) is 5.32 Å². The summed E-state index contributed by atoms with van der Waals surface area (Å²) in [5, 5.41) is 7.96. The van der Waals surface area contributed by atoms with Gasteiger partial charge in [0.05, 0.1) is 6.54 Å². The van der Waals surface area contributed by atoms with Crippen LogP contribution in [0.15, 0.2) is 60.0 Å². The topological polar surface area (TPSA) is 61.4 Å². The molecule has 1 aliphatic heterocycles. The summed E-state index contributed by atoms with van der Waals surface area (Å²) in [6.07, 6.45) is 1.70. The summed E-state index contributed by atoms with van der Waals surface area (Å²) >= 11 is 1.62. The Morgan fingerprint density at radius 2 is 1.94 bits per heavy atom. The summed E-state index contributed by atoms with van der Waals surface area (Å²) in [5.74, 6) is -0.690. The molecule has 0 saturated heterocycles. The normalized spacial score (nSPS) is 13.9. The van der Waals surface area contributed by atoms with Crippen LogP contribution in [-0.2, 0) is 17.8 Å². The number of nitrogens with zero attached hydrogens (tertiary/aromatic N) is 1. The molecule has 3 aromatic rings. The monoisotopic (exact) mass is 437 g/mol. The van der Waals surface area contributed by atoms with Crippen LogP contribution in [0, 0.1) is 5.82 Å². The third-order valence-corrected chi connectivity index (χ3v) is 6.38. The molecule has 2 heterocycles. The van der Waals surface area contributed by atoms with Gasteiger partial charge in [0.1, 0.15) is 11.9 Å². The number of rotatable bonds is 6. The van der Waals surface area contributed by atoms with Gasteiger partial charge in [0.2, 0.25) is 5.91 Å². The van der Waals surface area contributed by atoms with Crippen LogP contribution in [-0.4, -0.2) is 24.4 Å². The molecule has 1 atom stereocenters. The number of benzene rings is 2. The highest BCUT2D eigenvalue weighted by Crippen LogP contribution is 2.34. The van der Waals surface area contributed by atoms with Gasteiger partial charge >= 0.3 is 0 Å². The first kappa shape index (κ1) is 21.1. The maximum absolute atomic E-state index is 13.2. The fourth-order valence-electron chi connectivity index (χ4n) is 3.84. The Bertz CT molecular complexity index is 1070. The van der Waals surface area contributed by atoms with E-state index in [1.165, 1.54) is 24.3 Å². The van der Waals surface area contributed by atoms with Crippen molar-refractivity contribution in [3.05, 3.63) is 81.8 Å². The Hall–Kier alpha value is -3.19. The van der Waals surface area contributed by atoms with E-state index in [1.54, 1.807) is 11.3 Å². The molecule has 0 aliphatic carbocycles. The fraction of sp³-hybridized carbons (Fsp3) is 0.250. The number of amides is 2. The number of thiophene rings is 1. The predicted molar refractivity (Wildman–Crippen MR) is 122 cm³/mol. The van der Waals surface area contributed by atoms with Crippen LogP contribution < -0.4 is 15.5 Å². The summed E-state index contributed by atoms with van der Waals surface area (Å²) in [5.41, 5.74) is 3.10. The molecule has 2 N–H and O–H groups in total. The number of hydrogen-bond acceptors (Lipinski definition) is 4. The number of fused-ring (bicyclic) bond motifs is 1. The maximum atomic E-state index is 13.2. The predicted octanol–water partition coefficient (Wildman–Crippen LogP) is 4.60. The van der Waals surface area contributed by atoms with Crippen molar-refractivity contribution in [2.75, 3.05) is 16.8 Å². The minimum atomic E-state index is -0.379. The molecule has 4 rings (SSSR count).